The number of carbonyl (C=O) groups is 2. The van der Waals surface area contributed by atoms with E-state index in [0.717, 1.165) is 0 Å². The van der Waals surface area contributed by atoms with Crippen LogP contribution in [0.4, 0.5) is 5.69 Å². The minimum Gasteiger partial charge on any atom is -0.468 e. The molecular formula is C20H28N2O6. The molecule has 8 heteroatoms. The minimum atomic E-state index is -1.18. The number of ether oxygens (including phenoxy) is 2. The van der Waals surface area contributed by atoms with Crippen LogP contribution in [-0.4, -0.2) is 77.6 Å². The van der Waals surface area contributed by atoms with Crippen LogP contribution in [0.15, 0.2) is 24.3 Å². The highest BCUT2D eigenvalue weighted by Crippen LogP contribution is 2.39. The lowest BCUT2D eigenvalue weighted by atomic mass is 9.76. The summed E-state index contributed by atoms with van der Waals surface area (Å²) in [6, 6.07) is 7.01. The van der Waals surface area contributed by atoms with Crippen molar-refractivity contribution >= 4 is 17.6 Å². The van der Waals surface area contributed by atoms with Crippen LogP contribution >= 0.6 is 0 Å². The topological polar surface area (TPSA) is 108 Å². The van der Waals surface area contributed by atoms with E-state index in [-0.39, 0.29) is 25.0 Å². The molecule has 1 spiro atoms. The number of anilines is 1. The summed E-state index contributed by atoms with van der Waals surface area (Å²) in [7, 11) is 1.32. The van der Waals surface area contributed by atoms with E-state index in [1.54, 1.807) is 36.1 Å². The quantitative estimate of drug-likeness (QED) is 0.650. The normalized spacial score (nSPS) is 26.7. The number of methoxy groups -OCH3 is 1. The molecule has 8 nitrogen and oxygen atoms in total. The molecule has 2 fully saturated rings. The molecule has 2 aliphatic heterocycles. The van der Waals surface area contributed by atoms with Crippen molar-refractivity contribution in [2.45, 2.75) is 43.5 Å². The number of likely N-dealkylation sites (tertiary alicyclic amines) is 1. The van der Waals surface area contributed by atoms with Crippen LogP contribution in [0.25, 0.3) is 0 Å². The van der Waals surface area contributed by atoms with Crippen molar-refractivity contribution in [1.82, 2.24) is 4.90 Å². The van der Waals surface area contributed by atoms with Crippen LogP contribution in [0.1, 0.15) is 36.5 Å². The van der Waals surface area contributed by atoms with E-state index in [2.05, 4.69) is 10.1 Å². The first-order valence-corrected chi connectivity index (χ1v) is 9.49. The van der Waals surface area contributed by atoms with Gasteiger partial charge in [0.15, 0.2) is 0 Å². The van der Waals surface area contributed by atoms with E-state index >= 15 is 0 Å². The third-order valence-corrected chi connectivity index (χ3v) is 5.68. The van der Waals surface area contributed by atoms with Gasteiger partial charge in [0.25, 0.3) is 5.91 Å². The zero-order chi connectivity index (χ0) is 20.4. The highest BCUT2D eigenvalue weighted by Gasteiger charge is 2.49. The number of aliphatic hydroxyl groups is 2. The van der Waals surface area contributed by atoms with E-state index in [1.807, 2.05) is 0 Å². The van der Waals surface area contributed by atoms with Crippen molar-refractivity contribution in [3.05, 3.63) is 29.8 Å². The summed E-state index contributed by atoms with van der Waals surface area (Å²) in [4.78, 5) is 25.9. The van der Waals surface area contributed by atoms with Gasteiger partial charge in [-0.3, -0.25) is 9.59 Å². The Morgan fingerprint density at radius 1 is 1.36 bits per heavy atom. The third-order valence-electron chi connectivity index (χ3n) is 5.68. The van der Waals surface area contributed by atoms with Gasteiger partial charge < -0.3 is 29.9 Å². The van der Waals surface area contributed by atoms with E-state index in [9.17, 15) is 19.8 Å². The minimum absolute atomic E-state index is 0.0312. The molecule has 3 rings (SSSR count). The summed E-state index contributed by atoms with van der Waals surface area (Å²) in [6.45, 7) is 2.81. The van der Waals surface area contributed by atoms with Gasteiger partial charge in [0.05, 0.1) is 24.9 Å². The average molecular weight is 392 g/mol. The van der Waals surface area contributed by atoms with Gasteiger partial charge in [-0.15, -0.1) is 0 Å². The molecule has 0 aromatic heterocycles. The summed E-state index contributed by atoms with van der Waals surface area (Å²) in [5.74, 6) is -0.467. The van der Waals surface area contributed by atoms with Crippen molar-refractivity contribution in [3.63, 3.8) is 0 Å². The summed E-state index contributed by atoms with van der Waals surface area (Å²) < 4.78 is 10.5. The second-order valence-electron chi connectivity index (χ2n) is 7.85. The summed E-state index contributed by atoms with van der Waals surface area (Å²) >= 11 is 0. The lowest BCUT2D eigenvalue weighted by Crippen LogP contribution is -2.59. The molecule has 2 heterocycles. The number of hydrogen-bond acceptors (Lipinski definition) is 7. The summed E-state index contributed by atoms with van der Waals surface area (Å²) in [5, 5.41) is 23.2. The van der Waals surface area contributed by atoms with Crippen LogP contribution in [0, 0.1) is 0 Å². The SMILES string of the molecule is COC(=O)CNc1cccc(C(=O)N2CCC3(CC2)C[C@](C)(O)[C@@H](O)CO3)c1. The number of esters is 1. The van der Waals surface area contributed by atoms with Crippen molar-refractivity contribution in [2.75, 3.05) is 38.7 Å². The molecule has 154 valence electrons. The lowest BCUT2D eigenvalue weighted by Gasteiger charge is -2.49. The molecule has 0 unspecified atom stereocenters. The standard InChI is InChI=1S/C20H28N2O6/c1-19(26)13-20(28-12-16(19)23)6-8-22(9-7-20)18(25)14-4-3-5-15(10-14)21-11-17(24)27-2/h3-5,10,16,21,23,26H,6-9,11-13H2,1-2H3/t16-,19-/m0/s1. The van der Waals surface area contributed by atoms with Gasteiger partial charge in [0.2, 0.25) is 0 Å². The van der Waals surface area contributed by atoms with Gasteiger partial charge in [0, 0.05) is 30.8 Å². The predicted molar refractivity (Wildman–Crippen MR) is 102 cm³/mol. The maximum atomic E-state index is 12.9. The fourth-order valence-corrected chi connectivity index (χ4v) is 3.89. The molecule has 2 atom stereocenters. The first kappa shape index (κ1) is 20.6. The van der Waals surface area contributed by atoms with E-state index < -0.39 is 17.3 Å². The smallest absolute Gasteiger partial charge is 0.325 e. The highest BCUT2D eigenvalue weighted by molar-refractivity contribution is 5.95. The molecule has 3 N–H and O–H groups in total. The number of nitrogens with zero attached hydrogens (tertiary/aromatic N) is 1. The number of amides is 1. The van der Waals surface area contributed by atoms with E-state index in [0.29, 0.717) is 43.6 Å². The highest BCUT2D eigenvalue weighted by atomic mass is 16.5. The Balaban J connectivity index is 1.60. The molecular weight excluding hydrogens is 364 g/mol. The number of piperidine rings is 1. The Bertz CT molecular complexity index is 727. The van der Waals surface area contributed by atoms with Crippen molar-refractivity contribution in [3.8, 4) is 0 Å². The fourth-order valence-electron chi connectivity index (χ4n) is 3.89. The molecule has 0 radical (unpaired) electrons. The molecule has 2 aliphatic rings. The lowest BCUT2D eigenvalue weighted by molar-refractivity contribution is -0.221. The van der Waals surface area contributed by atoms with E-state index in [4.69, 9.17) is 4.74 Å². The van der Waals surface area contributed by atoms with Crippen molar-refractivity contribution in [2.24, 2.45) is 0 Å². The maximum absolute atomic E-state index is 12.9. The van der Waals surface area contributed by atoms with Gasteiger partial charge in [-0.05, 0) is 38.0 Å². The second kappa shape index (κ2) is 8.06. The number of carbonyl (C=O) groups excluding carboxylic acids is 2. The van der Waals surface area contributed by atoms with E-state index in [1.165, 1.54) is 7.11 Å². The Kier molecular flexibility index (Phi) is 5.92. The van der Waals surface area contributed by atoms with Crippen molar-refractivity contribution < 1.29 is 29.3 Å². The second-order valence-corrected chi connectivity index (χ2v) is 7.85. The summed E-state index contributed by atoms with van der Waals surface area (Å²) in [6.07, 6.45) is 0.693. The van der Waals surface area contributed by atoms with Crippen molar-refractivity contribution in [1.29, 1.82) is 0 Å². The van der Waals surface area contributed by atoms with Crippen LogP contribution in [0.2, 0.25) is 0 Å². The third kappa shape index (κ3) is 4.45. The van der Waals surface area contributed by atoms with Crippen LogP contribution in [0.5, 0.6) is 0 Å². The largest absolute Gasteiger partial charge is 0.468 e. The van der Waals surface area contributed by atoms with Crippen LogP contribution in [0.3, 0.4) is 0 Å². The molecule has 0 aliphatic carbocycles. The summed E-state index contributed by atoms with van der Waals surface area (Å²) in [5.41, 5.74) is -0.462. The Hall–Kier alpha value is -2.16. The van der Waals surface area contributed by atoms with Crippen LogP contribution in [-0.2, 0) is 14.3 Å². The zero-order valence-corrected chi connectivity index (χ0v) is 16.3. The van der Waals surface area contributed by atoms with Gasteiger partial charge in [-0.25, -0.2) is 0 Å². The number of nitrogens with one attached hydrogen (secondary N) is 1. The first-order valence-electron chi connectivity index (χ1n) is 9.49. The van der Waals surface area contributed by atoms with Gasteiger partial charge in [0.1, 0.15) is 12.6 Å². The molecule has 1 amide bonds. The molecule has 0 saturated carbocycles. The monoisotopic (exact) mass is 392 g/mol. The maximum Gasteiger partial charge on any atom is 0.325 e. The predicted octanol–water partition coefficient (Wildman–Crippen LogP) is 0.778. The first-order chi connectivity index (χ1) is 13.2. The van der Waals surface area contributed by atoms with Crippen LogP contribution < -0.4 is 5.32 Å². The Morgan fingerprint density at radius 2 is 2.07 bits per heavy atom. The number of rotatable bonds is 4. The Morgan fingerprint density at radius 3 is 2.71 bits per heavy atom. The number of benzene rings is 1. The Labute approximate surface area is 164 Å². The van der Waals surface area contributed by atoms with Gasteiger partial charge >= 0.3 is 5.97 Å². The molecule has 28 heavy (non-hydrogen) atoms. The molecule has 1 aromatic carbocycles. The molecule has 0 bridgehead atoms. The zero-order valence-electron chi connectivity index (χ0n) is 16.3. The molecule has 2 saturated heterocycles. The number of aliphatic hydroxyl groups excluding tert-OH is 1. The molecule has 1 aromatic rings. The van der Waals surface area contributed by atoms with Gasteiger partial charge in [-0.2, -0.15) is 0 Å². The fraction of sp³-hybridized carbons (Fsp3) is 0.600. The number of hydrogen-bond donors (Lipinski definition) is 3. The van der Waals surface area contributed by atoms with Gasteiger partial charge in [-0.1, -0.05) is 6.07 Å². The average Bonchev–Trinajstić information content (AvgIpc) is 2.69.